The molecule has 6 heteroatoms. The van der Waals surface area contributed by atoms with Gasteiger partial charge in [0.05, 0.1) is 5.69 Å². The van der Waals surface area contributed by atoms with E-state index in [-0.39, 0.29) is 6.61 Å². The Morgan fingerprint density at radius 3 is 2.41 bits per heavy atom. The molecule has 0 bridgehead atoms. The summed E-state index contributed by atoms with van der Waals surface area (Å²) in [6.07, 6.45) is 0. The van der Waals surface area contributed by atoms with Crippen molar-refractivity contribution in [3.8, 4) is 33.9 Å². The molecule has 0 saturated heterocycles. The van der Waals surface area contributed by atoms with Gasteiger partial charge in [0.1, 0.15) is 41.5 Å². The van der Waals surface area contributed by atoms with Crippen LogP contribution in [0.1, 0.15) is 16.8 Å². The fourth-order valence-electron chi connectivity index (χ4n) is 3.20. The zero-order valence-electron chi connectivity index (χ0n) is 17.7. The van der Waals surface area contributed by atoms with Gasteiger partial charge in [-0.2, -0.15) is 5.26 Å². The van der Waals surface area contributed by atoms with E-state index in [4.69, 9.17) is 19.5 Å². The molecular formula is C26H22N2O3S. The topological polar surface area (TPSA) is 64.4 Å². The number of nitrogens with zero attached hydrogens (tertiary/aromatic N) is 2. The van der Waals surface area contributed by atoms with Gasteiger partial charge in [0.2, 0.25) is 0 Å². The van der Waals surface area contributed by atoms with Gasteiger partial charge in [-0.3, -0.25) is 0 Å². The predicted octanol–water partition coefficient (Wildman–Crippen LogP) is 6.18. The van der Waals surface area contributed by atoms with Crippen LogP contribution in [0.25, 0.3) is 10.6 Å². The van der Waals surface area contributed by atoms with Crippen LogP contribution >= 0.6 is 11.3 Å². The first-order valence-corrected chi connectivity index (χ1v) is 11.0. The fraction of sp³-hybridized carbons (Fsp3) is 0.154. The standard InChI is InChI=1S/C26H22N2O3S/c1-19-7-5-10-21(25(19)29-14-13-27)16-30-23-11-6-12-24(15-23)31-17-22-18-32-26(28-22)20-8-3-2-4-9-20/h2-12,15,18H,14,16-17H2,1H3. The second-order valence-corrected chi connectivity index (χ2v) is 7.93. The van der Waals surface area contributed by atoms with Crippen LogP contribution in [0, 0.1) is 18.3 Å². The molecule has 0 aliphatic carbocycles. The summed E-state index contributed by atoms with van der Waals surface area (Å²) < 4.78 is 17.5. The molecule has 3 aromatic carbocycles. The average molecular weight is 443 g/mol. The van der Waals surface area contributed by atoms with E-state index in [1.807, 2.05) is 79.0 Å². The van der Waals surface area contributed by atoms with Crippen LogP contribution in [0.15, 0.2) is 78.2 Å². The third-order valence-corrected chi connectivity index (χ3v) is 5.67. The van der Waals surface area contributed by atoms with Crippen LogP contribution in [0.3, 0.4) is 0 Å². The van der Waals surface area contributed by atoms with Gasteiger partial charge in [-0.05, 0) is 24.6 Å². The summed E-state index contributed by atoms with van der Waals surface area (Å²) in [7, 11) is 0. The minimum absolute atomic E-state index is 0.00375. The summed E-state index contributed by atoms with van der Waals surface area (Å²) in [6.45, 7) is 2.67. The Balaban J connectivity index is 1.37. The normalized spacial score (nSPS) is 10.4. The molecule has 0 spiro atoms. The van der Waals surface area contributed by atoms with Crippen LogP contribution in [-0.4, -0.2) is 11.6 Å². The highest BCUT2D eigenvalue weighted by Gasteiger charge is 2.09. The van der Waals surface area contributed by atoms with Crippen molar-refractivity contribution in [3.63, 3.8) is 0 Å². The molecule has 32 heavy (non-hydrogen) atoms. The number of benzene rings is 3. The second-order valence-electron chi connectivity index (χ2n) is 7.07. The number of para-hydroxylation sites is 1. The third kappa shape index (κ3) is 5.45. The number of thiazole rings is 1. The van der Waals surface area contributed by atoms with Crippen molar-refractivity contribution in [2.24, 2.45) is 0 Å². The lowest BCUT2D eigenvalue weighted by atomic mass is 10.1. The molecule has 0 N–H and O–H groups in total. The molecule has 1 aromatic heterocycles. The monoisotopic (exact) mass is 442 g/mol. The zero-order chi connectivity index (χ0) is 22.2. The second kappa shape index (κ2) is 10.5. The Kier molecular flexibility index (Phi) is 7.01. The Morgan fingerprint density at radius 2 is 1.62 bits per heavy atom. The molecule has 0 aliphatic rings. The summed E-state index contributed by atoms with van der Waals surface area (Å²) in [5, 5.41) is 11.8. The van der Waals surface area contributed by atoms with E-state index in [9.17, 15) is 0 Å². The fourth-order valence-corrected chi connectivity index (χ4v) is 4.01. The highest BCUT2D eigenvalue weighted by Crippen LogP contribution is 2.27. The predicted molar refractivity (Wildman–Crippen MR) is 125 cm³/mol. The summed E-state index contributed by atoms with van der Waals surface area (Å²) in [5.74, 6) is 2.10. The van der Waals surface area contributed by atoms with E-state index in [1.54, 1.807) is 11.3 Å². The maximum atomic E-state index is 8.82. The maximum absolute atomic E-state index is 8.82. The lowest BCUT2D eigenvalue weighted by Crippen LogP contribution is -2.03. The Labute approximate surface area is 191 Å². The Morgan fingerprint density at radius 1 is 0.875 bits per heavy atom. The lowest BCUT2D eigenvalue weighted by Gasteiger charge is -2.14. The van der Waals surface area contributed by atoms with Crippen molar-refractivity contribution in [1.29, 1.82) is 5.26 Å². The van der Waals surface area contributed by atoms with E-state index in [2.05, 4.69) is 17.1 Å². The number of rotatable bonds is 9. The van der Waals surface area contributed by atoms with Gasteiger partial charge in [0.15, 0.2) is 6.61 Å². The van der Waals surface area contributed by atoms with Crippen molar-refractivity contribution in [2.45, 2.75) is 20.1 Å². The number of hydrogen-bond donors (Lipinski definition) is 0. The lowest BCUT2D eigenvalue weighted by molar-refractivity contribution is 0.281. The van der Waals surface area contributed by atoms with Crippen molar-refractivity contribution >= 4 is 11.3 Å². The van der Waals surface area contributed by atoms with Crippen LogP contribution in [0.2, 0.25) is 0 Å². The molecule has 0 unspecified atom stereocenters. The Bertz CT molecular complexity index is 1220. The summed E-state index contributed by atoms with van der Waals surface area (Å²) >= 11 is 1.61. The van der Waals surface area contributed by atoms with Gasteiger partial charge in [0, 0.05) is 22.6 Å². The smallest absolute Gasteiger partial charge is 0.174 e. The van der Waals surface area contributed by atoms with Crippen LogP contribution in [0.5, 0.6) is 17.2 Å². The number of aryl methyl sites for hydroxylation is 1. The first kappa shape index (κ1) is 21.4. The van der Waals surface area contributed by atoms with Crippen molar-refractivity contribution in [3.05, 3.63) is 95.0 Å². The summed E-state index contributed by atoms with van der Waals surface area (Å²) in [6, 6.07) is 25.5. The van der Waals surface area contributed by atoms with Gasteiger partial charge >= 0.3 is 0 Å². The molecule has 4 rings (SSSR count). The molecule has 1 heterocycles. The molecule has 0 amide bonds. The molecule has 0 atom stereocenters. The summed E-state index contributed by atoms with van der Waals surface area (Å²) in [4.78, 5) is 4.66. The molecule has 0 fully saturated rings. The number of hydrogen-bond acceptors (Lipinski definition) is 6. The van der Waals surface area contributed by atoms with E-state index in [1.165, 1.54) is 0 Å². The quantitative estimate of drug-likeness (QED) is 0.310. The highest BCUT2D eigenvalue weighted by molar-refractivity contribution is 7.13. The molecule has 5 nitrogen and oxygen atoms in total. The van der Waals surface area contributed by atoms with E-state index in [0.717, 1.165) is 27.4 Å². The first-order chi connectivity index (χ1) is 15.7. The number of aromatic nitrogens is 1. The van der Waals surface area contributed by atoms with Crippen molar-refractivity contribution in [1.82, 2.24) is 4.98 Å². The molecule has 0 radical (unpaired) electrons. The third-order valence-electron chi connectivity index (χ3n) is 4.73. The van der Waals surface area contributed by atoms with Gasteiger partial charge in [-0.25, -0.2) is 4.98 Å². The molecule has 0 aliphatic heterocycles. The number of ether oxygens (including phenoxy) is 3. The minimum Gasteiger partial charge on any atom is -0.489 e. The van der Waals surface area contributed by atoms with Gasteiger partial charge in [-0.15, -0.1) is 11.3 Å². The van der Waals surface area contributed by atoms with E-state index < -0.39 is 0 Å². The van der Waals surface area contributed by atoms with E-state index in [0.29, 0.717) is 30.5 Å². The average Bonchev–Trinajstić information content (AvgIpc) is 3.31. The number of nitriles is 1. The highest BCUT2D eigenvalue weighted by atomic mass is 32.1. The molecular weight excluding hydrogens is 420 g/mol. The van der Waals surface area contributed by atoms with Gasteiger partial charge in [-0.1, -0.05) is 54.6 Å². The van der Waals surface area contributed by atoms with Gasteiger partial charge in [0.25, 0.3) is 0 Å². The van der Waals surface area contributed by atoms with Crippen LogP contribution in [-0.2, 0) is 13.2 Å². The maximum Gasteiger partial charge on any atom is 0.174 e. The van der Waals surface area contributed by atoms with Crippen molar-refractivity contribution < 1.29 is 14.2 Å². The van der Waals surface area contributed by atoms with Crippen LogP contribution in [0.4, 0.5) is 0 Å². The van der Waals surface area contributed by atoms with Crippen LogP contribution < -0.4 is 14.2 Å². The zero-order valence-corrected chi connectivity index (χ0v) is 18.5. The molecule has 160 valence electrons. The van der Waals surface area contributed by atoms with Gasteiger partial charge < -0.3 is 14.2 Å². The minimum atomic E-state index is 0.00375. The van der Waals surface area contributed by atoms with Crippen molar-refractivity contribution in [2.75, 3.05) is 6.61 Å². The largest absolute Gasteiger partial charge is 0.489 e. The molecule has 4 aromatic rings. The Hall–Kier alpha value is -3.82. The first-order valence-electron chi connectivity index (χ1n) is 10.2. The molecule has 0 saturated carbocycles. The van der Waals surface area contributed by atoms with E-state index >= 15 is 0 Å². The SMILES string of the molecule is Cc1cccc(COc2cccc(OCc3csc(-c4ccccc4)n3)c2)c1OCC#N. The summed E-state index contributed by atoms with van der Waals surface area (Å²) in [5.41, 5.74) is 3.85.